The third-order valence-corrected chi connectivity index (χ3v) is 6.80. The lowest BCUT2D eigenvalue weighted by Crippen LogP contribution is -2.38. The number of rotatable bonds is 2. The molecule has 0 N–H and O–H groups in total. The molecule has 0 aromatic heterocycles. The van der Waals surface area contributed by atoms with Crippen LogP contribution in [0.5, 0.6) is 0 Å². The van der Waals surface area contributed by atoms with E-state index in [-0.39, 0.29) is 39.8 Å². The van der Waals surface area contributed by atoms with E-state index in [1.807, 2.05) is 13.8 Å². The van der Waals surface area contributed by atoms with Gasteiger partial charge in [0.05, 0.1) is 39.8 Å². The minimum atomic E-state index is -2.89. The molecule has 2 rings (SSSR count). The minimum Gasteiger partial charge on any atom is -0.375 e. The zero-order chi connectivity index (χ0) is 12.6. The van der Waals surface area contributed by atoms with E-state index in [0.29, 0.717) is 0 Å². The normalized spacial score (nSPS) is 45.9. The Hall–Kier alpha value is 0.600. The van der Waals surface area contributed by atoms with Crippen molar-refractivity contribution < 1.29 is 17.9 Å². The molecule has 0 aliphatic carbocycles. The first-order chi connectivity index (χ1) is 7.85. The van der Waals surface area contributed by atoms with Gasteiger partial charge >= 0.3 is 0 Å². The van der Waals surface area contributed by atoms with E-state index in [1.165, 1.54) is 0 Å². The first-order valence-electron chi connectivity index (χ1n) is 6.01. The molecule has 0 aromatic rings. The van der Waals surface area contributed by atoms with Crippen LogP contribution in [-0.4, -0.2) is 48.3 Å². The summed E-state index contributed by atoms with van der Waals surface area (Å²) in [4.78, 5) is 0. The van der Waals surface area contributed by atoms with Crippen LogP contribution in [0.4, 0.5) is 0 Å². The van der Waals surface area contributed by atoms with Gasteiger partial charge in [-0.15, -0.1) is 0 Å². The first-order valence-corrected chi connectivity index (χ1v) is 9.08. The zero-order valence-electron chi connectivity index (χ0n) is 10.1. The molecule has 0 amide bonds. The van der Waals surface area contributed by atoms with Crippen molar-refractivity contribution >= 4 is 32.4 Å². The molecule has 2 saturated heterocycles. The molecule has 0 saturated carbocycles. The maximum Gasteiger partial charge on any atom is 0.154 e. The molecule has 0 aromatic carbocycles. The van der Waals surface area contributed by atoms with Gasteiger partial charge in [-0.25, -0.2) is 8.42 Å². The van der Waals surface area contributed by atoms with E-state index in [0.717, 1.165) is 12.8 Å². The van der Waals surface area contributed by atoms with Crippen molar-refractivity contribution in [3.8, 4) is 0 Å². The maximum atomic E-state index is 11.5. The highest BCUT2D eigenvalue weighted by molar-refractivity contribution is 14.1. The van der Waals surface area contributed by atoms with Crippen LogP contribution in [0.2, 0.25) is 0 Å². The Morgan fingerprint density at radius 1 is 1.18 bits per heavy atom. The summed E-state index contributed by atoms with van der Waals surface area (Å²) in [7, 11) is -2.89. The van der Waals surface area contributed by atoms with Gasteiger partial charge in [-0.3, -0.25) is 0 Å². The molecule has 100 valence electrons. The van der Waals surface area contributed by atoms with Crippen molar-refractivity contribution in [3.05, 3.63) is 0 Å². The number of halogens is 1. The van der Waals surface area contributed by atoms with Gasteiger partial charge in [0.15, 0.2) is 9.84 Å². The van der Waals surface area contributed by atoms with Crippen molar-refractivity contribution in [2.45, 2.75) is 55.0 Å². The van der Waals surface area contributed by atoms with Crippen LogP contribution in [0.25, 0.3) is 0 Å². The highest BCUT2D eigenvalue weighted by Gasteiger charge is 2.39. The molecule has 2 fully saturated rings. The summed E-state index contributed by atoms with van der Waals surface area (Å²) in [5.74, 6) is 0.438. The van der Waals surface area contributed by atoms with Gasteiger partial charge in [0.1, 0.15) is 0 Å². The van der Waals surface area contributed by atoms with Crippen LogP contribution in [0.15, 0.2) is 0 Å². The number of ether oxygens (including phenoxy) is 2. The lowest BCUT2D eigenvalue weighted by atomic mass is 10.0. The number of hydrogen-bond acceptors (Lipinski definition) is 4. The Morgan fingerprint density at radius 2 is 1.76 bits per heavy atom. The molecule has 4 unspecified atom stereocenters. The fourth-order valence-corrected chi connectivity index (χ4v) is 6.66. The monoisotopic (exact) mass is 374 g/mol. The molecule has 2 aliphatic rings. The molecule has 2 heterocycles. The number of alkyl halides is 1. The third-order valence-electron chi connectivity index (χ3n) is 3.26. The molecule has 4 atom stereocenters. The Morgan fingerprint density at radius 3 is 2.24 bits per heavy atom. The fraction of sp³-hybridized carbons (Fsp3) is 1.00. The molecular formula is C11H19IO4S. The summed E-state index contributed by atoms with van der Waals surface area (Å²) < 4.78 is 34.7. The first kappa shape index (κ1) is 14.0. The van der Waals surface area contributed by atoms with Crippen molar-refractivity contribution in [3.63, 3.8) is 0 Å². The highest BCUT2D eigenvalue weighted by Crippen LogP contribution is 2.28. The van der Waals surface area contributed by atoms with Crippen LogP contribution in [0.3, 0.4) is 0 Å². The van der Waals surface area contributed by atoms with Crippen molar-refractivity contribution in [2.75, 3.05) is 11.5 Å². The van der Waals surface area contributed by atoms with E-state index in [4.69, 9.17) is 9.47 Å². The Balaban J connectivity index is 1.93. The van der Waals surface area contributed by atoms with E-state index in [1.54, 1.807) is 0 Å². The maximum absolute atomic E-state index is 11.5. The Labute approximate surface area is 116 Å². The zero-order valence-corrected chi connectivity index (χ0v) is 13.1. The van der Waals surface area contributed by atoms with Crippen LogP contribution in [0, 0.1) is 0 Å². The van der Waals surface area contributed by atoms with E-state index < -0.39 is 9.84 Å². The van der Waals surface area contributed by atoms with Gasteiger partial charge in [0.25, 0.3) is 0 Å². The fourth-order valence-electron chi connectivity index (χ4n) is 2.60. The van der Waals surface area contributed by atoms with E-state index in [9.17, 15) is 8.42 Å². The average Bonchev–Trinajstić information content (AvgIpc) is 2.37. The molecule has 17 heavy (non-hydrogen) atoms. The molecule has 2 aliphatic heterocycles. The van der Waals surface area contributed by atoms with E-state index >= 15 is 0 Å². The van der Waals surface area contributed by atoms with Crippen LogP contribution in [0.1, 0.15) is 26.7 Å². The van der Waals surface area contributed by atoms with Crippen molar-refractivity contribution in [1.82, 2.24) is 0 Å². The predicted octanol–water partition coefficient (Wildman–Crippen LogP) is 1.56. The van der Waals surface area contributed by atoms with Crippen molar-refractivity contribution in [1.29, 1.82) is 0 Å². The van der Waals surface area contributed by atoms with Gasteiger partial charge in [-0.2, -0.15) is 0 Å². The quantitative estimate of drug-likeness (QED) is 0.544. The van der Waals surface area contributed by atoms with Crippen LogP contribution < -0.4 is 0 Å². The van der Waals surface area contributed by atoms with Gasteiger partial charge < -0.3 is 9.47 Å². The SMILES string of the molecule is CC1CC(OC2CS(=O)(=O)CC2I)CC(C)O1. The molecule has 0 bridgehead atoms. The number of hydrogen-bond donors (Lipinski definition) is 0. The summed E-state index contributed by atoms with van der Waals surface area (Å²) in [6.45, 7) is 4.08. The van der Waals surface area contributed by atoms with Gasteiger partial charge in [-0.1, -0.05) is 22.6 Å². The molecule has 6 heteroatoms. The summed E-state index contributed by atoms with van der Waals surface area (Å²) in [6, 6.07) is 0. The predicted molar refractivity (Wildman–Crippen MR) is 74.4 cm³/mol. The Kier molecular flexibility index (Phi) is 4.37. The Bertz CT molecular complexity index is 360. The summed E-state index contributed by atoms with van der Waals surface area (Å²) in [5, 5.41) is 0. The topological polar surface area (TPSA) is 52.6 Å². The van der Waals surface area contributed by atoms with Crippen LogP contribution >= 0.6 is 22.6 Å². The van der Waals surface area contributed by atoms with Crippen LogP contribution in [-0.2, 0) is 19.3 Å². The third kappa shape index (κ3) is 3.78. The lowest BCUT2D eigenvalue weighted by Gasteiger charge is -2.33. The van der Waals surface area contributed by atoms with Gasteiger partial charge in [0, 0.05) is 0 Å². The molecule has 4 nitrogen and oxygen atoms in total. The highest BCUT2D eigenvalue weighted by atomic mass is 127. The van der Waals surface area contributed by atoms with Gasteiger partial charge in [0.2, 0.25) is 0 Å². The molecule has 0 radical (unpaired) electrons. The number of sulfone groups is 1. The lowest BCUT2D eigenvalue weighted by molar-refractivity contribution is -0.115. The smallest absolute Gasteiger partial charge is 0.154 e. The standard InChI is InChI=1S/C11H19IO4S/c1-7-3-9(4-8(2)15-7)16-11-6-17(13,14)5-10(11)12/h7-11H,3-6H2,1-2H3. The molecule has 0 spiro atoms. The molecular weight excluding hydrogens is 355 g/mol. The second kappa shape index (κ2) is 5.30. The summed E-state index contributed by atoms with van der Waals surface area (Å²) in [6.07, 6.45) is 2.14. The van der Waals surface area contributed by atoms with Crippen molar-refractivity contribution in [2.24, 2.45) is 0 Å². The van der Waals surface area contributed by atoms with E-state index in [2.05, 4.69) is 22.6 Å². The largest absolute Gasteiger partial charge is 0.375 e. The minimum absolute atomic E-state index is 0.0889. The summed E-state index contributed by atoms with van der Waals surface area (Å²) in [5.41, 5.74) is 0. The average molecular weight is 374 g/mol. The second-order valence-corrected chi connectivity index (χ2v) is 8.87. The second-order valence-electron chi connectivity index (χ2n) is 5.12. The van der Waals surface area contributed by atoms with Gasteiger partial charge in [-0.05, 0) is 26.7 Å². The summed E-state index contributed by atoms with van der Waals surface area (Å²) >= 11 is 2.19.